The van der Waals surface area contributed by atoms with Crippen LogP contribution in [0.1, 0.15) is 24.4 Å². The number of ether oxygens (including phenoxy) is 1. The molecule has 0 aliphatic heterocycles. The number of halogens is 1. The van der Waals surface area contributed by atoms with Crippen LogP contribution in [0.4, 0.5) is 4.39 Å². The van der Waals surface area contributed by atoms with E-state index < -0.39 is 0 Å². The number of nitrogens with zero attached hydrogens (tertiary/aromatic N) is 1. The summed E-state index contributed by atoms with van der Waals surface area (Å²) in [6.07, 6.45) is 2.52. The molecule has 1 aromatic carbocycles. The van der Waals surface area contributed by atoms with Gasteiger partial charge in [0.15, 0.2) is 0 Å². The Balaban J connectivity index is 1.72. The molecule has 1 saturated carbocycles. The van der Waals surface area contributed by atoms with Crippen molar-refractivity contribution in [2.24, 2.45) is 5.92 Å². The van der Waals surface area contributed by atoms with Crippen LogP contribution in [0.2, 0.25) is 0 Å². The van der Waals surface area contributed by atoms with Crippen LogP contribution in [-0.2, 0) is 4.74 Å². The molecule has 1 aliphatic carbocycles. The van der Waals surface area contributed by atoms with Crippen LogP contribution in [-0.4, -0.2) is 45.3 Å². The number of nitrogens with one attached hydrogen (secondary N) is 1. The lowest BCUT2D eigenvalue weighted by Crippen LogP contribution is -2.28. The van der Waals surface area contributed by atoms with E-state index in [4.69, 9.17) is 4.74 Å². The molecular formula is C16H25FN2O. The zero-order chi connectivity index (χ0) is 14.4. The first-order valence-corrected chi connectivity index (χ1v) is 7.38. The van der Waals surface area contributed by atoms with Crippen molar-refractivity contribution in [2.75, 3.05) is 40.4 Å². The van der Waals surface area contributed by atoms with E-state index in [9.17, 15) is 4.39 Å². The third kappa shape index (κ3) is 5.19. The van der Waals surface area contributed by atoms with Crippen LogP contribution < -0.4 is 5.32 Å². The van der Waals surface area contributed by atoms with E-state index in [1.54, 1.807) is 12.1 Å². The van der Waals surface area contributed by atoms with Gasteiger partial charge in [-0.2, -0.15) is 0 Å². The second-order valence-corrected chi connectivity index (χ2v) is 5.74. The summed E-state index contributed by atoms with van der Waals surface area (Å²) in [7, 11) is 4.08. The maximum Gasteiger partial charge on any atom is 0.123 e. The normalized spacial score (nSPS) is 16.6. The van der Waals surface area contributed by atoms with E-state index in [1.807, 2.05) is 26.2 Å². The number of likely N-dealkylation sites (N-methyl/N-ethyl adjacent to an activating group) is 1. The summed E-state index contributed by atoms with van der Waals surface area (Å²) in [5.74, 6) is 0.526. The molecule has 0 spiro atoms. The molecule has 1 unspecified atom stereocenters. The summed E-state index contributed by atoms with van der Waals surface area (Å²) < 4.78 is 18.6. The summed E-state index contributed by atoms with van der Waals surface area (Å²) in [6, 6.07) is 7.20. The monoisotopic (exact) mass is 280 g/mol. The lowest BCUT2D eigenvalue weighted by atomic mass is 10.0. The van der Waals surface area contributed by atoms with Crippen molar-refractivity contribution >= 4 is 0 Å². The van der Waals surface area contributed by atoms with Crippen LogP contribution >= 0.6 is 0 Å². The van der Waals surface area contributed by atoms with E-state index in [-0.39, 0.29) is 5.82 Å². The van der Waals surface area contributed by atoms with E-state index >= 15 is 0 Å². The van der Waals surface area contributed by atoms with Gasteiger partial charge in [0.2, 0.25) is 0 Å². The van der Waals surface area contributed by atoms with Crippen LogP contribution in [0, 0.1) is 11.7 Å². The second-order valence-electron chi connectivity index (χ2n) is 5.74. The highest BCUT2D eigenvalue weighted by atomic mass is 19.1. The van der Waals surface area contributed by atoms with Crippen LogP contribution in [0.5, 0.6) is 0 Å². The first-order valence-electron chi connectivity index (χ1n) is 7.38. The molecule has 0 radical (unpaired) electrons. The summed E-state index contributed by atoms with van der Waals surface area (Å²) >= 11 is 0. The Bertz CT molecular complexity index is 390. The maximum absolute atomic E-state index is 13.0. The van der Waals surface area contributed by atoms with Gasteiger partial charge >= 0.3 is 0 Å². The molecule has 3 nitrogen and oxygen atoms in total. The van der Waals surface area contributed by atoms with Crippen LogP contribution in [0.15, 0.2) is 24.3 Å². The number of hydrogen-bond acceptors (Lipinski definition) is 3. The average Bonchev–Trinajstić information content (AvgIpc) is 3.23. The van der Waals surface area contributed by atoms with Crippen molar-refractivity contribution in [3.63, 3.8) is 0 Å². The molecule has 0 saturated heterocycles. The van der Waals surface area contributed by atoms with E-state index in [1.165, 1.54) is 18.4 Å². The molecule has 0 aromatic heterocycles. The Morgan fingerprint density at radius 2 is 1.95 bits per heavy atom. The zero-order valence-electron chi connectivity index (χ0n) is 12.4. The molecule has 0 amide bonds. The molecular weight excluding hydrogens is 255 g/mol. The molecule has 20 heavy (non-hydrogen) atoms. The van der Waals surface area contributed by atoms with Gasteiger partial charge < -0.3 is 15.0 Å². The van der Waals surface area contributed by atoms with Crippen molar-refractivity contribution in [1.29, 1.82) is 0 Å². The smallest absolute Gasteiger partial charge is 0.123 e. The van der Waals surface area contributed by atoms with Gasteiger partial charge in [-0.25, -0.2) is 4.39 Å². The largest absolute Gasteiger partial charge is 0.379 e. The van der Waals surface area contributed by atoms with Crippen molar-refractivity contribution in [3.05, 3.63) is 35.6 Å². The van der Waals surface area contributed by atoms with Gasteiger partial charge in [-0.05, 0) is 50.6 Å². The predicted molar refractivity (Wildman–Crippen MR) is 79.2 cm³/mol. The third-order valence-corrected chi connectivity index (χ3v) is 3.62. The molecule has 112 valence electrons. The lowest BCUT2D eigenvalue weighted by Gasteiger charge is -2.19. The Kier molecular flexibility index (Phi) is 5.95. The van der Waals surface area contributed by atoms with Gasteiger partial charge in [-0.1, -0.05) is 12.1 Å². The first kappa shape index (κ1) is 15.4. The Morgan fingerprint density at radius 1 is 1.25 bits per heavy atom. The molecule has 1 fully saturated rings. The third-order valence-electron chi connectivity index (χ3n) is 3.62. The van der Waals surface area contributed by atoms with Gasteiger partial charge in [0.25, 0.3) is 0 Å². The van der Waals surface area contributed by atoms with Crippen LogP contribution in [0.3, 0.4) is 0 Å². The lowest BCUT2D eigenvalue weighted by molar-refractivity contribution is 0.117. The summed E-state index contributed by atoms with van der Waals surface area (Å²) in [4.78, 5) is 2.11. The number of rotatable bonds is 9. The van der Waals surface area contributed by atoms with E-state index in [2.05, 4.69) is 10.2 Å². The molecule has 1 atom stereocenters. The fourth-order valence-electron chi connectivity index (χ4n) is 2.29. The highest BCUT2D eigenvalue weighted by Gasteiger charge is 2.31. The van der Waals surface area contributed by atoms with Crippen molar-refractivity contribution in [2.45, 2.75) is 18.9 Å². The highest BCUT2D eigenvalue weighted by molar-refractivity contribution is 5.21. The first-order chi connectivity index (χ1) is 9.66. The van der Waals surface area contributed by atoms with Gasteiger partial charge in [-0.15, -0.1) is 0 Å². The van der Waals surface area contributed by atoms with Crippen molar-refractivity contribution in [3.8, 4) is 0 Å². The second kappa shape index (κ2) is 7.72. The van der Waals surface area contributed by atoms with Crippen molar-refractivity contribution in [1.82, 2.24) is 10.2 Å². The highest BCUT2D eigenvalue weighted by Crippen LogP contribution is 2.40. The molecule has 0 heterocycles. The topological polar surface area (TPSA) is 24.5 Å². The quantitative estimate of drug-likeness (QED) is 0.703. The minimum atomic E-state index is -0.171. The Labute approximate surface area is 121 Å². The standard InChI is InChI=1S/C16H25FN2O/c1-19(2)10-12-20-11-9-18-16(13-3-4-13)14-5-7-15(17)8-6-14/h5-8,13,16,18H,3-4,9-12H2,1-2H3. The van der Waals surface area contributed by atoms with Gasteiger partial charge in [0.05, 0.1) is 13.2 Å². The molecule has 0 bridgehead atoms. The molecule has 2 rings (SSSR count). The Morgan fingerprint density at radius 3 is 2.55 bits per heavy atom. The average molecular weight is 280 g/mol. The minimum Gasteiger partial charge on any atom is -0.379 e. The fraction of sp³-hybridized carbons (Fsp3) is 0.625. The molecule has 1 N–H and O–H groups in total. The predicted octanol–water partition coefficient (Wildman–Crippen LogP) is 2.44. The fourth-order valence-corrected chi connectivity index (χ4v) is 2.29. The van der Waals surface area contributed by atoms with Crippen LogP contribution in [0.25, 0.3) is 0 Å². The maximum atomic E-state index is 13.0. The zero-order valence-corrected chi connectivity index (χ0v) is 12.4. The van der Waals surface area contributed by atoms with Gasteiger partial charge in [0, 0.05) is 19.1 Å². The molecule has 1 aromatic rings. The summed E-state index contributed by atoms with van der Waals surface area (Å²) in [6.45, 7) is 3.27. The van der Waals surface area contributed by atoms with Gasteiger partial charge in [0.1, 0.15) is 5.82 Å². The molecule has 1 aliphatic rings. The minimum absolute atomic E-state index is 0.171. The van der Waals surface area contributed by atoms with E-state index in [0.29, 0.717) is 12.0 Å². The van der Waals surface area contributed by atoms with E-state index in [0.717, 1.165) is 26.3 Å². The summed E-state index contributed by atoms with van der Waals surface area (Å²) in [5.41, 5.74) is 1.18. The number of benzene rings is 1. The van der Waals surface area contributed by atoms with Gasteiger partial charge in [-0.3, -0.25) is 0 Å². The SMILES string of the molecule is CN(C)CCOCCNC(c1ccc(F)cc1)C1CC1. The summed E-state index contributed by atoms with van der Waals surface area (Å²) in [5, 5.41) is 3.54. The Hall–Kier alpha value is -0.970. The molecule has 4 heteroatoms. The number of hydrogen-bond donors (Lipinski definition) is 1. The van der Waals surface area contributed by atoms with Crippen molar-refractivity contribution < 1.29 is 9.13 Å².